The van der Waals surface area contributed by atoms with E-state index >= 15 is 0 Å². The monoisotopic (exact) mass is 596 g/mol. The zero-order chi connectivity index (χ0) is 29.2. The third-order valence-electron chi connectivity index (χ3n) is 6.90. The minimum atomic E-state index is -0.202. The summed E-state index contributed by atoms with van der Waals surface area (Å²) in [5, 5.41) is 3.76. The van der Waals surface area contributed by atoms with Crippen molar-refractivity contribution in [2.24, 2.45) is 0 Å². The number of urea groups is 1. The molecule has 4 rings (SSSR count). The number of anilines is 1. The van der Waals surface area contributed by atoms with E-state index in [1.165, 1.54) is 0 Å². The van der Waals surface area contributed by atoms with Crippen LogP contribution in [-0.2, 0) is 0 Å². The summed E-state index contributed by atoms with van der Waals surface area (Å²) in [4.78, 5) is 32.1. The van der Waals surface area contributed by atoms with Crippen LogP contribution in [0.15, 0.2) is 72.8 Å². The number of benzene rings is 3. The Hall–Kier alpha value is -3.72. The Balaban J connectivity index is 1.35. The van der Waals surface area contributed by atoms with E-state index in [-0.39, 0.29) is 11.9 Å². The van der Waals surface area contributed by atoms with E-state index in [1.54, 1.807) is 61.6 Å². The van der Waals surface area contributed by atoms with Crippen molar-refractivity contribution in [1.29, 1.82) is 0 Å². The summed E-state index contributed by atoms with van der Waals surface area (Å²) in [6.07, 6.45) is 3.95. The van der Waals surface area contributed by atoms with Gasteiger partial charge in [0.25, 0.3) is 5.91 Å². The summed E-state index contributed by atoms with van der Waals surface area (Å²) < 4.78 is 10.7. The van der Waals surface area contributed by atoms with Gasteiger partial charge in [-0.05, 0) is 48.5 Å². The maximum absolute atomic E-state index is 13.5. The molecule has 0 aliphatic carbocycles. The second kappa shape index (κ2) is 14.8. The molecule has 1 heterocycles. The van der Waals surface area contributed by atoms with Gasteiger partial charge in [-0.3, -0.25) is 9.69 Å². The van der Waals surface area contributed by atoms with Crippen LogP contribution in [0.25, 0.3) is 6.08 Å². The standard InChI is InChI=1S/C31H34Cl2N4O4/c1-40-26-12-9-24(10-13-26)30(38)36(15-5-7-23-6-3-4-8-29(23)41-2)19-16-35-17-20-37(21-18-35)31(39)34-28-14-11-25(32)22-27(28)33/h3-14,22H,15-21H2,1-2H3,(H,34,39). The summed E-state index contributed by atoms with van der Waals surface area (Å²) >= 11 is 12.2. The molecule has 1 N–H and O–H groups in total. The summed E-state index contributed by atoms with van der Waals surface area (Å²) in [7, 11) is 3.24. The number of ether oxygens (including phenoxy) is 2. The largest absolute Gasteiger partial charge is 0.497 e. The summed E-state index contributed by atoms with van der Waals surface area (Å²) in [5.74, 6) is 1.41. The number of halogens is 2. The summed E-state index contributed by atoms with van der Waals surface area (Å²) in [5.41, 5.74) is 2.07. The second-order valence-corrected chi connectivity index (χ2v) is 10.4. The molecule has 0 unspecified atom stereocenters. The van der Waals surface area contributed by atoms with E-state index in [0.717, 1.165) is 11.3 Å². The Morgan fingerprint density at radius 3 is 2.37 bits per heavy atom. The predicted molar refractivity (Wildman–Crippen MR) is 164 cm³/mol. The fraction of sp³-hybridized carbons (Fsp3) is 0.290. The molecule has 1 aliphatic rings. The number of hydrogen-bond donors (Lipinski definition) is 1. The van der Waals surface area contributed by atoms with Crippen LogP contribution < -0.4 is 14.8 Å². The van der Waals surface area contributed by atoms with Gasteiger partial charge in [-0.2, -0.15) is 0 Å². The number of amides is 3. The maximum Gasteiger partial charge on any atom is 0.321 e. The molecule has 0 saturated carbocycles. The molecule has 216 valence electrons. The zero-order valence-corrected chi connectivity index (χ0v) is 24.7. The van der Waals surface area contributed by atoms with Crippen molar-refractivity contribution >= 4 is 46.9 Å². The van der Waals surface area contributed by atoms with Crippen molar-refractivity contribution in [3.05, 3.63) is 94.0 Å². The molecule has 1 saturated heterocycles. The second-order valence-electron chi connectivity index (χ2n) is 9.51. The van der Waals surface area contributed by atoms with Crippen molar-refractivity contribution in [2.75, 3.05) is 65.3 Å². The van der Waals surface area contributed by atoms with Crippen LogP contribution in [0.4, 0.5) is 10.5 Å². The van der Waals surface area contributed by atoms with Crippen LogP contribution in [0.2, 0.25) is 10.0 Å². The van der Waals surface area contributed by atoms with Gasteiger partial charge in [0.15, 0.2) is 0 Å². The molecule has 41 heavy (non-hydrogen) atoms. The molecule has 10 heteroatoms. The highest BCUT2D eigenvalue weighted by Crippen LogP contribution is 2.26. The SMILES string of the molecule is COc1ccc(C(=O)N(CC=Cc2ccccc2OC)CCN2CCN(C(=O)Nc3ccc(Cl)cc3Cl)CC2)cc1. The van der Waals surface area contributed by atoms with Crippen molar-refractivity contribution in [3.8, 4) is 11.5 Å². The van der Waals surface area contributed by atoms with E-state index in [0.29, 0.717) is 72.9 Å². The van der Waals surface area contributed by atoms with Gasteiger partial charge in [-0.25, -0.2) is 4.79 Å². The molecule has 0 spiro atoms. The maximum atomic E-state index is 13.5. The number of nitrogens with zero attached hydrogens (tertiary/aromatic N) is 3. The van der Waals surface area contributed by atoms with Gasteiger partial charge >= 0.3 is 6.03 Å². The molecular weight excluding hydrogens is 563 g/mol. The quantitative estimate of drug-likeness (QED) is 0.310. The first-order valence-electron chi connectivity index (χ1n) is 13.3. The smallest absolute Gasteiger partial charge is 0.321 e. The van der Waals surface area contributed by atoms with Crippen molar-refractivity contribution < 1.29 is 19.1 Å². The van der Waals surface area contributed by atoms with Gasteiger partial charge in [0, 0.05) is 62.0 Å². The Bertz CT molecular complexity index is 1360. The lowest BCUT2D eigenvalue weighted by molar-refractivity contribution is 0.0739. The predicted octanol–water partition coefficient (Wildman–Crippen LogP) is 6.02. The van der Waals surface area contributed by atoms with Crippen LogP contribution >= 0.6 is 23.2 Å². The fourth-order valence-corrected chi connectivity index (χ4v) is 4.98. The molecule has 0 atom stereocenters. The van der Waals surface area contributed by atoms with Crippen LogP contribution in [0.1, 0.15) is 15.9 Å². The molecule has 0 aromatic heterocycles. The molecule has 1 fully saturated rings. The zero-order valence-electron chi connectivity index (χ0n) is 23.2. The first kappa shape index (κ1) is 30.2. The molecule has 8 nitrogen and oxygen atoms in total. The lowest BCUT2D eigenvalue weighted by Gasteiger charge is -2.35. The highest BCUT2D eigenvalue weighted by atomic mass is 35.5. The average Bonchev–Trinajstić information content (AvgIpc) is 3.00. The number of nitrogens with one attached hydrogen (secondary N) is 1. The Morgan fingerprint density at radius 1 is 0.951 bits per heavy atom. The first-order valence-corrected chi connectivity index (χ1v) is 14.1. The average molecular weight is 598 g/mol. The van der Waals surface area contributed by atoms with Gasteiger partial charge < -0.3 is 24.6 Å². The summed E-state index contributed by atoms with van der Waals surface area (Å²) in [6.45, 7) is 4.19. The molecule has 3 aromatic carbocycles. The van der Waals surface area contributed by atoms with Gasteiger partial charge in [-0.15, -0.1) is 0 Å². The Labute approximate surface area is 251 Å². The molecular formula is C31H34Cl2N4O4. The van der Waals surface area contributed by atoms with E-state index in [2.05, 4.69) is 10.2 Å². The van der Waals surface area contributed by atoms with Crippen LogP contribution in [0.3, 0.4) is 0 Å². The fourth-order valence-electron chi connectivity index (χ4n) is 4.52. The number of rotatable bonds is 10. The van der Waals surface area contributed by atoms with Gasteiger partial charge in [0.1, 0.15) is 11.5 Å². The first-order chi connectivity index (χ1) is 19.9. The number of carbonyl (C=O) groups is 2. The topological polar surface area (TPSA) is 74.3 Å². The van der Waals surface area contributed by atoms with E-state index < -0.39 is 0 Å². The molecule has 0 radical (unpaired) electrons. The summed E-state index contributed by atoms with van der Waals surface area (Å²) in [6, 6.07) is 19.7. The van der Waals surface area contributed by atoms with Gasteiger partial charge in [0.05, 0.1) is 24.9 Å². The van der Waals surface area contributed by atoms with E-state index in [9.17, 15) is 9.59 Å². The lowest BCUT2D eigenvalue weighted by atomic mass is 10.1. The lowest BCUT2D eigenvalue weighted by Crippen LogP contribution is -2.51. The normalized spacial score (nSPS) is 13.7. The minimum absolute atomic E-state index is 0.0600. The van der Waals surface area contributed by atoms with Gasteiger partial charge in [-0.1, -0.05) is 53.6 Å². The third-order valence-corrected chi connectivity index (χ3v) is 7.45. The van der Waals surface area contributed by atoms with Crippen molar-refractivity contribution in [1.82, 2.24) is 14.7 Å². The van der Waals surface area contributed by atoms with Crippen molar-refractivity contribution in [3.63, 3.8) is 0 Å². The van der Waals surface area contributed by atoms with Crippen molar-refractivity contribution in [2.45, 2.75) is 0 Å². The number of methoxy groups -OCH3 is 2. The van der Waals surface area contributed by atoms with Crippen LogP contribution in [-0.4, -0.2) is 86.7 Å². The highest BCUT2D eigenvalue weighted by Gasteiger charge is 2.23. The number of hydrogen-bond acceptors (Lipinski definition) is 5. The van der Waals surface area contributed by atoms with Crippen LogP contribution in [0, 0.1) is 0 Å². The minimum Gasteiger partial charge on any atom is -0.497 e. The van der Waals surface area contributed by atoms with Crippen LogP contribution in [0.5, 0.6) is 11.5 Å². The molecule has 0 bridgehead atoms. The Morgan fingerprint density at radius 2 is 1.68 bits per heavy atom. The Kier molecular flexibility index (Phi) is 10.9. The molecule has 3 amide bonds. The molecule has 3 aromatic rings. The third kappa shape index (κ3) is 8.39. The van der Waals surface area contributed by atoms with E-state index in [1.807, 2.05) is 41.3 Å². The number of piperazine rings is 1. The number of para-hydroxylation sites is 1. The molecule has 1 aliphatic heterocycles. The number of carbonyl (C=O) groups excluding carboxylic acids is 2. The van der Waals surface area contributed by atoms with Gasteiger partial charge in [0.2, 0.25) is 0 Å². The highest BCUT2D eigenvalue weighted by molar-refractivity contribution is 6.36. The van der Waals surface area contributed by atoms with E-state index in [4.69, 9.17) is 32.7 Å².